The van der Waals surface area contributed by atoms with Crippen LogP contribution >= 0.6 is 11.6 Å². The molecule has 0 saturated carbocycles. The fraction of sp³-hybridized carbons (Fsp3) is 0.0588. The zero-order valence-electron chi connectivity index (χ0n) is 11.7. The molecule has 0 saturated heterocycles. The van der Waals surface area contributed by atoms with E-state index in [0.29, 0.717) is 16.0 Å². The number of halogens is 1. The van der Waals surface area contributed by atoms with Crippen LogP contribution in [0.2, 0.25) is 5.02 Å². The first-order chi connectivity index (χ1) is 10.6. The monoisotopic (exact) mass is 313 g/mol. The molecule has 1 N–H and O–H groups in total. The molecule has 0 aliphatic heterocycles. The van der Waals surface area contributed by atoms with E-state index in [2.05, 4.69) is 4.98 Å². The lowest BCUT2D eigenvalue weighted by Crippen LogP contribution is -2.15. The van der Waals surface area contributed by atoms with Gasteiger partial charge in [0.1, 0.15) is 5.75 Å². The Morgan fingerprint density at radius 2 is 1.77 bits per heavy atom. The smallest absolute Gasteiger partial charge is 0.237 e. The van der Waals surface area contributed by atoms with Crippen LogP contribution < -0.4 is 4.74 Å². The molecule has 2 aromatic carbocycles. The second kappa shape index (κ2) is 5.66. The highest BCUT2D eigenvalue weighted by Gasteiger charge is 2.24. The highest BCUT2D eigenvalue weighted by Crippen LogP contribution is 2.26. The number of rotatable bonds is 4. The van der Waals surface area contributed by atoms with Crippen LogP contribution in [0.15, 0.2) is 48.7 Å². The minimum atomic E-state index is -0.627. The maximum atomic E-state index is 12.5. The molecular weight excluding hydrogens is 302 g/mol. The van der Waals surface area contributed by atoms with Crippen LogP contribution in [0.3, 0.4) is 0 Å². The van der Waals surface area contributed by atoms with E-state index in [1.54, 1.807) is 18.3 Å². The van der Waals surface area contributed by atoms with Crippen molar-refractivity contribution in [3.63, 3.8) is 0 Å². The number of Topliss-reactive ketones (excluding diaryl/α,β-unsaturated/α-hetero) is 2. The van der Waals surface area contributed by atoms with E-state index in [-0.39, 0.29) is 11.3 Å². The third kappa shape index (κ3) is 2.38. The number of nitrogens with one attached hydrogen (secondary N) is 1. The topological polar surface area (TPSA) is 59.2 Å². The molecule has 0 amide bonds. The van der Waals surface area contributed by atoms with Crippen molar-refractivity contribution in [3.8, 4) is 5.75 Å². The molecule has 0 aliphatic carbocycles. The lowest BCUT2D eigenvalue weighted by atomic mass is 10.0. The summed E-state index contributed by atoms with van der Waals surface area (Å²) in [5.41, 5.74) is 1.35. The van der Waals surface area contributed by atoms with Gasteiger partial charge in [0.25, 0.3) is 0 Å². The van der Waals surface area contributed by atoms with E-state index in [0.717, 1.165) is 5.52 Å². The maximum absolute atomic E-state index is 12.5. The predicted octanol–water partition coefficient (Wildman–Crippen LogP) is 3.90. The van der Waals surface area contributed by atoms with Gasteiger partial charge in [0.2, 0.25) is 11.6 Å². The summed E-state index contributed by atoms with van der Waals surface area (Å²) in [4.78, 5) is 28.0. The van der Waals surface area contributed by atoms with E-state index < -0.39 is 11.6 Å². The van der Waals surface area contributed by atoms with E-state index in [1.807, 2.05) is 18.2 Å². The summed E-state index contributed by atoms with van der Waals surface area (Å²) in [6.45, 7) is 0. The molecule has 0 fully saturated rings. The number of carbonyl (C=O) groups excluding carboxylic acids is 2. The fourth-order valence-electron chi connectivity index (χ4n) is 2.36. The van der Waals surface area contributed by atoms with Crippen molar-refractivity contribution in [1.82, 2.24) is 4.98 Å². The SMILES string of the molecule is COc1cc(Cl)ccc1C(=O)C(=O)c1c[nH]c2ccccc12. The lowest BCUT2D eigenvalue weighted by molar-refractivity contribution is 0.0816. The molecule has 0 unspecified atom stereocenters. The first-order valence-corrected chi connectivity index (χ1v) is 6.98. The number of aromatic nitrogens is 1. The third-order valence-electron chi connectivity index (χ3n) is 3.45. The van der Waals surface area contributed by atoms with Gasteiger partial charge in [0.15, 0.2) is 0 Å². The number of hydrogen-bond donors (Lipinski definition) is 1. The molecule has 0 bridgehead atoms. The number of carbonyl (C=O) groups is 2. The summed E-state index contributed by atoms with van der Waals surface area (Å²) in [6.07, 6.45) is 1.55. The van der Waals surface area contributed by atoms with Crippen LogP contribution in [0.25, 0.3) is 10.9 Å². The maximum Gasteiger partial charge on any atom is 0.237 e. The van der Waals surface area contributed by atoms with E-state index in [9.17, 15) is 9.59 Å². The molecule has 3 aromatic rings. The fourth-order valence-corrected chi connectivity index (χ4v) is 2.52. The van der Waals surface area contributed by atoms with Gasteiger partial charge in [-0.25, -0.2) is 0 Å². The molecule has 1 aromatic heterocycles. The van der Waals surface area contributed by atoms with Crippen LogP contribution in [0.4, 0.5) is 0 Å². The molecule has 22 heavy (non-hydrogen) atoms. The summed E-state index contributed by atoms with van der Waals surface area (Å²) in [5, 5.41) is 1.15. The van der Waals surface area contributed by atoms with Crippen LogP contribution in [0, 0.1) is 0 Å². The van der Waals surface area contributed by atoms with Crippen molar-refractivity contribution in [1.29, 1.82) is 0 Å². The van der Waals surface area contributed by atoms with Gasteiger partial charge in [-0.3, -0.25) is 9.59 Å². The van der Waals surface area contributed by atoms with Gasteiger partial charge in [-0.1, -0.05) is 29.8 Å². The van der Waals surface area contributed by atoms with Crippen molar-refractivity contribution in [2.75, 3.05) is 7.11 Å². The summed E-state index contributed by atoms with van der Waals surface area (Å²) >= 11 is 5.88. The molecule has 0 radical (unpaired) electrons. The van der Waals surface area contributed by atoms with Gasteiger partial charge >= 0.3 is 0 Å². The quantitative estimate of drug-likeness (QED) is 0.587. The number of para-hydroxylation sites is 1. The number of benzene rings is 2. The molecule has 0 atom stereocenters. The van der Waals surface area contributed by atoms with Crippen molar-refractivity contribution in [2.45, 2.75) is 0 Å². The molecule has 1 heterocycles. The average Bonchev–Trinajstić information content (AvgIpc) is 2.97. The number of aromatic amines is 1. The van der Waals surface area contributed by atoms with Gasteiger partial charge in [-0.15, -0.1) is 0 Å². The van der Waals surface area contributed by atoms with Crippen molar-refractivity contribution < 1.29 is 14.3 Å². The normalized spacial score (nSPS) is 10.6. The lowest BCUT2D eigenvalue weighted by Gasteiger charge is -2.07. The van der Waals surface area contributed by atoms with Gasteiger partial charge in [-0.2, -0.15) is 0 Å². The minimum absolute atomic E-state index is 0.196. The number of methoxy groups -OCH3 is 1. The third-order valence-corrected chi connectivity index (χ3v) is 3.68. The Balaban J connectivity index is 2.04. The second-order valence-electron chi connectivity index (χ2n) is 4.75. The zero-order valence-corrected chi connectivity index (χ0v) is 12.5. The van der Waals surface area contributed by atoms with E-state index >= 15 is 0 Å². The Bertz CT molecular complexity index is 882. The Kier molecular flexibility index (Phi) is 3.69. The molecule has 0 aliphatic rings. The number of hydrogen-bond acceptors (Lipinski definition) is 3. The highest BCUT2D eigenvalue weighted by molar-refractivity contribution is 6.51. The molecule has 3 rings (SSSR count). The first-order valence-electron chi connectivity index (χ1n) is 6.60. The van der Waals surface area contributed by atoms with Gasteiger partial charge in [0, 0.05) is 22.1 Å². The zero-order chi connectivity index (χ0) is 15.7. The van der Waals surface area contributed by atoms with Crippen LogP contribution in [0.5, 0.6) is 5.75 Å². The summed E-state index contributed by atoms with van der Waals surface area (Å²) in [5.74, 6) is -0.929. The number of ether oxygens (including phenoxy) is 1. The van der Waals surface area contributed by atoms with Crippen molar-refractivity contribution in [2.24, 2.45) is 0 Å². The second-order valence-corrected chi connectivity index (χ2v) is 5.19. The molecule has 0 spiro atoms. The predicted molar refractivity (Wildman–Crippen MR) is 85.0 cm³/mol. The highest BCUT2D eigenvalue weighted by atomic mass is 35.5. The standard InChI is InChI=1S/C17H12ClNO3/c1-22-15-8-10(18)6-7-12(15)16(20)17(21)13-9-19-14-5-3-2-4-11(13)14/h2-9,19H,1H3. The Labute approximate surface area is 131 Å². The Morgan fingerprint density at radius 3 is 2.55 bits per heavy atom. The van der Waals surface area contributed by atoms with Crippen LogP contribution in [0.1, 0.15) is 20.7 Å². The largest absolute Gasteiger partial charge is 0.496 e. The van der Waals surface area contributed by atoms with E-state index in [4.69, 9.17) is 16.3 Å². The first kappa shape index (κ1) is 14.4. The number of H-pyrrole nitrogens is 1. The van der Waals surface area contributed by atoms with Gasteiger partial charge in [0.05, 0.1) is 18.2 Å². The average molecular weight is 314 g/mol. The number of ketones is 2. The molecule has 110 valence electrons. The Hall–Kier alpha value is -2.59. The van der Waals surface area contributed by atoms with Crippen LogP contribution in [-0.2, 0) is 0 Å². The van der Waals surface area contributed by atoms with Gasteiger partial charge in [-0.05, 0) is 24.3 Å². The molecular formula is C17H12ClNO3. The van der Waals surface area contributed by atoms with Crippen LogP contribution in [-0.4, -0.2) is 23.7 Å². The van der Waals surface area contributed by atoms with E-state index in [1.165, 1.54) is 19.2 Å². The number of fused-ring (bicyclic) bond motifs is 1. The molecule has 5 heteroatoms. The minimum Gasteiger partial charge on any atom is -0.496 e. The Morgan fingerprint density at radius 1 is 1.05 bits per heavy atom. The summed E-state index contributed by atoms with van der Waals surface area (Å²) < 4.78 is 5.14. The summed E-state index contributed by atoms with van der Waals surface area (Å²) in [6, 6.07) is 11.9. The van der Waals surface area contributed by atoms with Gasteiger partial charge < -0.3 is 9.72 Å². The van der Waals surface area contributed by atoms with Crippen molar-refractivity contribution in [3.05, 3.63) is 64.8 Å². The van der Waals surface area contributed by atoms with Crippen molar-refractivity contribution >= 4 is 34.1 Å². The summed E-state index contributed by atoms with van der Waals surface area (Å²) in [7, 11) is 1.43. The molecule has 4 nitrogen and oxygen atoms in total.